The summed E-state index contributed by atoms with van der Waals surface area (Å²) in [6.45, 7) is 0.612. The van der Waals surface area contributed by atoms with Gasteiger partial charge in [-0.1, -0.05) is 41.9 Å². The molecule has 2 aromatic rings. The zero-order valence-electron chi connectivity index (χ0n) is 12.3. The Morgan fingerprint density at radius 3 is 2.48 bits per heavy atom. The molecule has 0 unspecified atom stereocenters. The van der Waals surface area contributed by atoms with Gasteiger partial charge in [-0.25, -0.2) is 0 Å². The van der Waals surface area contributed by atoms with Gasteiger partial charge >= 0.3 is 0 Å². The first kappa shape index (κ1) is 15.5. The molecule has 0 fully saturated rings. The van der Waals surface area contributed by atoms with Crippen LogP contribution in [0.25, 0.3) is 0 Å². The molecule has 2 aromatic carbocycles. The molecule has 0 aliphatic carbocycles. The number of likely N-dealkylation sites (N-methyl/N-ethyl adjacent to an activating group) is 1. The average molecular weight is 304 g/mol. The normalized spacial score (nSPS) is 13.0. The largest absolute Gasteiger partial charge is 0.507 e. The number of halogens is 1. The number of quaternary nitrogens is 1. The predicted molar refractivity (Wildman–Crippen MR) is 87.6 cm³/mol. The first-order chi connectivity index (χ1) is 10.1. The molecule has 0 saturated heterocycles. The molecule has 2 N–H and O–H groups in total. The van der Waals surface area contributed by atoms with Crippen LogP contribution in [0.1, 0.15) is 17.2 Å². The molecule has 3 nitrogen and oxygen atoms in total. The molecule has 21 heavy (non-hydrogen) atoms. The van der Waals surface area contributed by atoms with Gasteiger partial charge in [0.15, 0.2) is 0 Å². The quantitative estimate of drug-likeness (QED) is 0.818. The second kappa shape index (κ2) is 7.25. The lowest BCUT2D eigenvalue weighted by Crippen LogP contribution is -3.06. The SMILES string of the molecule is C[NH+](C)[C@H](CN=Cc1ccccc1O)c1ccccc1Cl. The number of phenolic OH excluding ortho intramolecular Hbond substituents is 1. The van der Waals surface area contributed by atoms with Crippen LogP contribution in [0.4, 0.5) is 0 Å². The van der Waals surface area contributed by atoms with Gasteiger partial charge < -0.3 is 10.0 Å². The maximum atomic E-state index is 9.73. The molecule has 0 bridgehead atoms. The molecule has 4 heteroatoms. The minimum absolute atomic E-state index is 0.181. The molecule has 0 saturated carbocycles. The second-order valence-electron chi connectivity index (χ2n) is 5.20. The highest BCUT2D eigenvalue weighted by Gasteiger charge is 2.19. The number of nitrogens with zero attached hydrogens (tertiary/aromatic N) is 1. The van der Waals surface area contributed by atoms with Gasteiger partial charge in [-0.3, -0.25) is 4.99 Å². The first-order valence-corrected chi connectivity index (χ1v) is 7.29. The third-order valence-corrected chi connectivity index (χ3v) is 3.78. The highest BCUT2D eigenvalue weighted by molar-refractivity contribution is 6.31. The van der Waals surface area contributed by atoms with E-state index in [1.807, 2.05) is 36.4 Å². The lowest BCUT2D eigenvalue weighted by molar-refractivity contribution is -0.890. The van der Waals surface area contributed by atoms with E-state index in [1.54, 1.807) is 18.3 Å². The van der Waals surface area contributed by atoms with Gasteiger partial charge in [-0.15, -0.1) is 0 Å². The zero-order chi connectivity index (χ0) is 15.2. The summed E-state index contributed by atoms with van der Waals surface area (Å²) in [4.78, 5) is 5.74. The lowest BCUT2D eigenvalue weighted by atomic mass is 10.1. The number of hydrogen-bond donors (Lipinski definition) is 2. The third-order valence-electron chi connectivity index (χ3n) is 3.43. The molecule has 0 aliphatic heterocycles. The number of hydrogen-bond acceptors (Lipinski definition) is 2. The summed E-state index contributed by atoms with van der Waals surface area (Å²) in [6.07, 6.45) is 1.71. The van der Waals surface area contributed by atoms with Crippen molar-refractivity contribution in [2.24, 2.45) is 4.99 Å². The third kappa shape index (κ3) is 4.06. The minimum atomic E-state index is 0.181. The lowest BCUT2D eigenvalue weighted by Gasteiger charge is -2.21. The molecular formula is C17H20ClN2O+. The van der Waals surface area contributed by atoms with Crippen LogP contribution in [0, 0.1) is 0 Å². The fourth-order valence-corrected chi connectivity index (χ4v) is 2.47. The first-order valence-electron chi connectivity index (χ1n) is 6.92. The monoisotopic (exact) mass is 303 g/mol. The molecular weight excluding hydrogens is 284 g/mol. The van der Waals surface area contributed by atoms with E-state index in [4.69, 9.17) is 11.6 Å². The molecule has 2 rings (SSSR count). The average Bonchev–Trinajstić information content (AvgIpc) is 2.46. The Hall–Kier alpha value is -1.84. The molecule has 110 valence electrons. The maximum Gasteiger partial charge on any atom is 0.134 e. The molecule has 0 aliphatic rings. The van der Waals surface area contributed by atoms with Gasteiger partial charge in [0.25, 0.3) is 0 Å². The van der Waals surface area contributed by atoms with Gasteiger partial charge in [0, 0.05) is 22.4 Å². The summed E-state index contributed by atoms with van der Waals surface area (Å²) in [5, 5.41) is 10.5. The molecule has 0 heterocycles. The van der Waals surface area contributed by atoms with Crippen LogP contribution < -0.4 is 4.90 Å². The summed E-state index contributed by atoms with van der Waals surface area (Å²) in [7, 11) is 4.17. The van der Waals surface area contributed by atoms with E-state index in [9.17, 15) is 5.11 Å². The number of nitrogens with one attached hydrogen (secondary N) is 1. The molecule has 0 amide bonds. The number of para-hydroxylation sites is 1. The van der Waals surface area contributed by atoms with Crippen molar-refractivity contribution in [3.05, 3.63) is 64.7 Å². The number of benzene rings is 2. The van der Waals surface area contributed by atoms with Gasteiger partial charge in [0.2, 0.25) is 0 Å². The minimum Gasteiger partial charge on any atom is -0.507 e. The van der Waals surface area contributed by atoms with Gasteiger partial charge in [-0.2, -0.15) is 0 Å². The van der Waals surface area contributed by atoms with Crippen LogP contribution in [-0.2, 0) is 0 Å². The summed E-state index contributed by atoms with van der Waals surface area (Å²) < 4.78 is 0. The van der Waals surface area contributed by atoms with Crippen molar-refractivity contribution in [2.45, 2.75) is 6.04 Å². The Kier molecular flexibility index (Phi) is 5.37. The van der Waals surface area contributed by atoms with Crippen LogP contribution in [0.15, 0.2) is 53.5 Å². The number of aliphatic imine (C=N–C) groups is 1. The molecule has 0 radical (unpaired) electrons. The summed E-state index contributed by atoms with van der Waals surface area (Å²) in [5.41, 5.74) is 1.82. The highest BCUT2D eigenvalue weighted by Crippen LogP contribution is 2.21. The van der Waals surface area contributed by atoms with Crippen LogP contribution in [0.3, 0.4) is 0 Å². The zero-order valence-corrected chi connectivity index (χ0v) is 13.0. The highest BCUT2D eigenvalue weighted by atomic mass is 35.5. The Labute approximate surface area is 130 Å². The van der Waals surface area contributed by atoms with Crippen LogP contribution in [0.5, 0.6) is 5.75 Å². The van der Waals surface area contributed by atoms with Crippen LogP contribution in [0.2, 0.25) is 5.02 Å². The number of aromatic hydroxyl groups is 1. The summed E-state index contributed by atoms with van der Waals surface area (Å²) in [5.74, 6) is 0.243. The van der Waals surface area contributed by atoms with Crippen molar-refractivity contribution in [3.63, 3.8) is 0 Å². The van der Waals surface area contributed by atoms with E-state index in [0.29, 0.717) is 6.54 Å². The number of rotatable bonds is 5. The molecule has 0 spiro atoms. The standard InChI is InChI=1S/C17H19ClN2O/c1-20(2)16(14-8-4-5-9-15(14)18)12-19-11-13-7-3-6-10-17(13)21/h3-11,16,21H,12H2,1-2H3/p+1/t16-/m1/s1. The van der Waals surface area contributed by atoms with E-state index in [-0.39, 0.29) is 11.8 Å². The molecule has 1 atom stereocenters. The van der Waals surface area contributed by atoms with E-state index in [2.05, 4.69) is 19.1 Å². The molecule has 0 aromatic heterocycles. The van der Waals surface area contributed by atoms with Crippen LogP contribution in [-0.4, -0.2) is 32.0 Å². The van der Waals surface area contributed by atoms with Crippen molar-refractivity contribution < 1.29 is 10.0 Å². The van der Waals surface area contributed by atoms with Crippen molar-refractivity contribution in [2.75, 3.05) is 20.6 Å². The van der Waals surface area contributed by atoms with E-state index >= 15 is 0 Å². The Morgan fingerprint density at radius 1 is 1.14 bits per heavy atom. The van der Waals surface area contributed by atoms with E-state index < -0.39 is 0 Å². The number of phenols is 1. The van der Waals surface area contributed by atoms with Gasteiger partial charge in [0.1, 0.15) is 11.8 Å². The predicted octanol–water partition coefficient (Wildman–Crippen LogP) is 2.35. The Morgan fingerprint density at radius 2 is 1.81 bits per heavy atom. The van der Waals surface area contributed by atoms with Crippen molar-refractivity contribution >= 4 is 17.8 Å². The fourth-order valence-electron chi connectivity index (χ4n) is 2.20. The van der Waals surface area contributed by atoms with E-state index in [0.717, 1.165) is 16.1 Å². The van der Waals surface area contributed by atoms with Crippen molar-refractivity contribution in [1.82, 2.24) is 0 Å². The van der Waals surface area contributed by atoms with Crippen LogP contribution >= 0.6 is 11.6 Å². The van der Waals surface area contributed by atoms with Crippen molar-refractivity contribution in [3.8, 4) is 5.75 Å². The van der Waals surface area contributed by atoms with Crippen molar-refractivity contribution in [1.29, 1.82) is 0 Å². The maximum absolute atomic E-state index is 9.73. The summed E-state index contributed by atoms with van der Waals surface area (Å²) in [6, 6.07) is 15.2. The van der Waals surface area contributed by atoms with E-state index in [1.165, 1.54) is 4.90 Å². The van der Waals surface area contributed by atoms with Gasteiger partial charge in [0.05, 0.1) is 20.6 Å². The Balaban J connectivity index is 2.15. The second-order valence-corrected chi connectivity index (χ2v) is 5.61. The topological polar surface area (TPSA) is 37.0 Å². The Bertz CT molecular complexity index is 626. The smallest absolute Gasteiger partial charge is 0.134 e. The van der Waals surface area contributed by atoms with Gasteiger partial charge in [-0.05, 0) is 18.2 Å². The fraction of sp³-hybridized carbons (Fsp3) is 0.235. The summed E-state index contributed by atoms with van der Waals surface area (Å²) >= 11 is 6.28.